The van der Waals surface area contributed by atoms with E-state index in [1.54, 1.807) is 21.4 Å². The van der Waals surface area contributed by atoms with Crippen LogP contribution >= 0.6 is 0 Å². The summed E-state index contributed by atoms with van der Waals surface area (Å²) < 4.78 is 3.26. The highest BCUT2D eigenvalue weighted by atomic mass is 16.2. The van der Waals surface area contributed by atoms with Crippen LogP contribution in [0, 0.1) is 6.92 Å². The molecule has 5 heterocycles. The van der Waals surface area contributed by atoms with Gasteiger partial charge in [0.1, 0.15) is 30.3 Å². The number of fused-ring (bicyclic) bond motifs is 2. The van der Waals surface area contributed by atoms with Crippen LogP contribution in [-0.4, -0.2) is 97.9 Å². The average Bonchev–Trinajstić information content (AvgIpc) is 3.80. The van der Waals surface area contributed by atoms with Crippen molar-refractivity contribution in [2.45, 2.75) is 64.1 Å². The van der Waals surface area contributed by atoms with Gasteiger partial charge < -0.3 is 15.1 Å². The average molecular weight is 587 g/mol. The lowest BCUT2D eigenvalue weighted by Crippen LogP contribution is -2.53. The molecular formula is C28H34N12O3. The number of carbonyl (C=O) groups is 3. The number of H-pyrrole nitrogens is 1. The molecule has 1 aromatic carbocycles. The number of amides is 3. The van der Waals surface area contributed by atoms with Crippen LogP contribution < -0.4 is 5.32 Å². The molecule has 0 unspecified atom stereocenters. The zero-order valence-corrected chi connectivity index (χ0v) is 24.0. The first-order valence-corrected chi connectivity index (χ1v) is 14.6. The minimum atomic E-state index is -0.553. The van der Waals surface area contributed by atoms with Crippen LogP contribution in [0.5, 0.6) is 0 Å². The second-order valence-corrected chi connectivity index (χ2v) is 10.8. The van der Waals surface area contributed by atoms with E-state index in [1.807, 2.05) is 30.3 Å². The smallest absolute Gasteiger partial charge is 0.291 e. The molecule has 15 nitrogen and oxygen atoms in total. The summed E-state index contributed by atoms with van der Waals surface area (Å²) in [7, 11) is 0. The van der Waals surface area contributed by atoms with Gasteiger partial charge in [-0.05, 0) is 44.6 Å². The minimum Gasteiger partial charge on any atom is -0.344 e. The zero-order valence-electron chi connectivity index (χ0n) is 24.0. The molecule has 6 rings (SSSR count). The Hall–Kier alpha value is -4.95. The topological polar surface area (TPSA) is 173 Å². The maximum Gasteiger partial charge on any atom is 0.291 e. The number of benzene rings is 1. The summed E-state index contributed by atoms with van der Waals surface area (Å²) in [6.45, 7) is 3.26. The van der Waals surface area contributed by atoms with Gasteiger partial charge in [0.05, 0.1) is 12.6 Å². The third-order valence-corrected chi connectivity index (χ3v) is 7.86. The van der Waals surface area contributed by atoms with Crippen LogP contribution in [0.2, 0.25) is 0 Å². The molecule has 1 saturated heterocycles. The quantitative estimate of drug-likeness (QED) is 0.354. The van der Waals surface area contributed by atoms with Gasteiger partial charge in [-0.2, -0.15) is 10.1 Å². The predicted molar refractivity (Wildman–Crippen MR) is 152 cm³/mol. The molecule has 0 spiro atoms. The first kappa shape index (κ1) is 28.2. The van der Waals surface area contributed by atoms with E-state index in [2.05, 4.69) is 35.8 Å². The van der Waals surface area contributed by atoms with E-state index >= 15 is 0 Å². The molecule has 0 aliphatic carbocycles. The lowest BCUT2D eigenvalue weighted by atomic mass is 9.99. The summed E-state index contributed by atoms with van der Waals surface area (Å²) >= 11 is 0. The Morgan fingerprint density at radius 3 is 2.60 bits per heavy atom. The highest BCUT2D eigenvalue weighted by molar-refractivity contribution is 5.91. The van der Waals surface area contributed by atoms with Crippen LogP contribution in [0.25, 0.3) is 5.95 Å². The molecule has 2 N–H and O–H groups in total. The number of piperidine rings is 1. The summed E-state index contributed by atoms with van der Waals surface area (Å²) in [6, 6.07) is 8.84. The van der Waals surface area contributed by atoms with E-state index in [1.165, 1.54) is 17.2 Å². The van der Waals surface area contributed by atoms with Crippen molar-refractivity contribution in [1.29, 1.82) is 0 Å². The Bertz CT molecular complexity index is 1560. The highest BCUT2D eigenvalue weighted by Gasteiger charge is 2.34. The van der Waals surface area contributed by atoms with Crippen LogP contribution in [0.3, 0.4) is 0 Å². The Labute approximate surface area is 247 Å². The van der Waals surface area contributed by atoms with Crippen molar-refractivity contribution in [2.75, 3.05) is 19.6 Å². The van der Waals surface area contributed by atoms with Gasteiger partial charge in [-0.1, -0.05) is 30.3 Å². The predicted octanol–water partition coefficient (Wildman–Crippen LogP) is 1.00. The molecule has 1 fully saturated rings. The van der Waals surface area contributed by atoms with Gasteiger partial charge in [-0.15, -0.1) is 15.3 Å². The number of nitrogens with zero attached hydrogens (tertiary/aromatic N) is 10. The molecule has 3 aromatic heterocycles. The van der Waals surface area contributed by atoms with Crippen molar-refractivity contribution in [3.05, 3.63) is 66.0 Å². The summed E-state index contributed by atoms with van der Waals surface area (Å²) in [5.74, 6) is 0.860. The number of carbonyl (C=O) groups excluding carboxylic acids is 3. The van der Waals surface area contributed by atoms with Crippen molar-refractivity contribution in [1.82, 2.24) is 59.8 Å². The molecule has 3 amide bonds. The third-order valence-electron chi connectivity index (χ3n) is 7.86. The maximum absolute atomic E-state index is 13.7. The fraction of sp³-hybridized carbons (Fsp3) is 0.464. The fourth-order valence-electron chi connectivity index (χ4n) is 5.73. The minimum absolute atomic E-state index is 0.0662. The van der Waals surface area contributed by atoms with E-state index in [0.717, 1.165) is 18.4 Å². The normalized spacial score (nSPS) is 20.2. The summed E-state index contributed by atoms with van der Waals surface area (Å²) in [5, 5.41) is 22.2. The highest BCUT2D eigenvalue weighted by Crippen LogP contribution is 2.23. The monoisotopic (exact) mass is 586 g/mol. The molecule has 2 atom stereocenters. The van der Waals surface area contributed by atoms with Gasteiger partial charge >= 0.3 is 0 Å². The van der Waals surface area contributed by atoms with Crippen molar-refractivity contribution >= 4 is 17.7 Å². The second-order valence-electron chi connectivity index (χ2n) is 10.8. The molecule has 0 bridgehead atoms. The van der Waals surface area contributed by atoms with Crippen LogP contribution in [-0.2, 0) is 22.6 Å². The van der Waals surface area contributed by atoms with Crippen molar-refractivity contribution < 1.29 is 14.4 Å². The standard InChI is InChI=1S/C28H34N12O3/c1-19-31-25-21(16-20-8-3-2-4-9-20)32-26(42)22-10-5-6-13-39(22)23(41)11-7-12-37(14-15-40(25)36-19)27(43)24-33-28(35-34-24)38-17-29-30-18-38/h2-4,8-9,17-18,21-22H,5-7,10-16H2,1H3,(H,32,42)(H,33,34,35)/t21-,22+/m1/s1. The molecule has 15 heteroatoms. The molecule has 224 valence electrons. The zero-order chi connectivity index (χ0) is 29.8. The van der Waals surface area contributed by atoms with Crippen molar-refractivity contribution in [3.8, 4) is 5.95 Å². The molecule has 43 heavy (non-hydrogen) atoms. The van der Waals surface area contributed by atoms with Gasteiger partial charge in [0, 0.05) is 26.1 Å². The van der Waals surface area contributed by atoms with Gasteiger partial charge in [0.15, 0.2) is 0 Å². The number of hydrogen-bond acceptors (Lipinski definition) is 9. The van der Waals surface area contributed by atoms with E-state index in [0.29, 0.717) is 50.5 Å². The second kappa shape index (κ2) is 12.5. The van der Waals surface area contributed by atoms with Crippen LogP contribution in [0.4, 0.5) is 0 Å². The first-order chi connectivity index (χ1) is 21.0. The Kier molecular flexibility index (Phi) is 8.20. The van der Waals surface area contributed by atoms with Gasteiger partial charge in [-0.3, -0.25) is 24.0 Å². The number of nitrogens with one attached hydrogen (secondary N) is 2. The van der Waals surface area contributed by atoms with Crippen LogP contribution in [0.1, 0.15) is 66.0 Å². The molecule has 0 saturated carbocycles. The van der Waals surface area contributed by atoms with E-state index in [9.17, 15) is 14.4 Å². The van der Waals surface area contributed by atoms with Crippen LogP contribution in [0.15, 0.2) is 43.0 Å². The third kappa shape index (κ3) is 6.29. The SMILES string of the molecule is Cc1nc2n(n1)CCN(C(=O)c1nc(-n3cnnc3)n[nH]1)CCCC(=O)N1CCCC[C@H]1C(=O)N[C@@H]2Cc1ccccc1. The Balaban J connectivity index is 1.32. The lowest BCUT2D eigenvalue weighted by Gasteiger charge is -2.36. The largest absolute Gasteiger partial charge is 0.344 e. The fourth-order valence-corrected chi connectivity index (χ4v) is 5.73. The first-order valence-electron chi connectivity index (χ1n) is 14.6. The molecule has 2 aliphatic rings. The maximum atomic E-state index is 13.7. The number of aromatic amines is 1. The van der Waals surface area contributed by atoms with Crippen molar-refractivity contribution in [2.24, 2.45) is 0 Å². The van der Waals surface area contributed by atoms with E-state index in [-0.39, 0.29) is 42.5 Å². The molecular weight excluding hydrogens is 552 g/mol. The number of aryl methyl sites for hydroxylation is 1. The lowest BCUT2D eigenvalue weighted by molar-refractivity contribution is -0.142. The summed E-state index contributed by atoms with van der Waals surface area (Å²) in [6.07, 6.45) is 6.36. The van der Waals surface area contributed by atoms with E-state index < -0.39 is 12.1 Å². The summed E-state index contributed by atoms with van der Waals surface area (Å²) in [4.78, 5) is 53.2. The molecule has 4 aromatic rings. The Morgan fingerprint density at radius 1 is 0.977 bits per heavy atom. The number of hydrogen-bond donors (Lipinski definition) is 2. The molecule has 2 aliphatic heterocycles. The summed E-state index contributed by atoms with van der Waals surface area (Å²) in [5.41, 5.74) is 1.03. The van der Waals surface area contributed by atoms with Gasteiger partial charge in [-0.25, -0.2) is 9.67 Å². The Morgan fingerprint density at radius 2 is 1.79 bits per heavy atom. The van der Waals surface area contributed by atoms with Crippen molar-refractivity contribution in [3.63, 3.8) is 0 Å². The van der Waals surface area contributed by atoms with Gasteiger partial charge in [0.2, 0.25) is 17.6 Å². The number of aromatic nitrogens is 9. The molecule has 0 radical (unpaired) electrons. The number of rotatable bonds is 4. The van der Waals surface area contributed by atoms with E-state index in [4.69, 9.17) is 4.98 Å². The van der Waals surface area contributed by atoms with Gasteiger partial charge in [0.25, 0.3) is 11.9 Å².